The Balaban J connectivity index is 1.66. The Morgan fingerprint density at radius 1 is 1.21 bits per heavy atom. The topological polar surface area (TPSA) is 106 Å². The molecule has 2 aromatic carbocycles. The summed E-state index contributed by atoms with van der Waals surface area (Å²) < 4.78 is 21.0. The van der Waals surface area contributed by atoms with Crippen molar-refractivity contribution < 1.29 is 19.0 Å². The number of carbonyl (C=O) groups excluding carboxylic acids is 1. The molecular formula is C24H23FN4O4S. The van der Waals surface area contributed by atoms with Crippen molar-refractivity contribution in [3.63, 3.8) is 0 Å². The van der Waals surface area contributed by atoms with Crippen LogP contribution < -0.4 is 15.6 Å². The van der Waals surface area contributed by atoms with E-state index in [0.29, 0.717) is 39.8 Å². The van der Waals surface area contributed by atoms with Gasteiger partial charge in [-0.15, -0.1) is 0 Å². The van der Waals surface area contributed by atoms with Gasteiger partial charge in [0.1, 0.15) is 23.9 Å². The highest BCUT2D eigenvalue weighted by atomic mass is 32.1. The summed E-state index contributed by atoms with van der Waals surface area (Å²) in [6, 6.07) is 11.0. The second-order valence-corrected chi connectivity index (χ2v) is 8.53. The summed E-state index contributed by atoms with van der Waals surface area (Å²) in [7, 11) is 0. The van der Waals surface area contributed by atoms with Gasteiger partial charge in [0.25, 0.3) is 5.56 Å². The highest BCUT2D eigenvalue weighted by Gasteiger charge is 2.18. The summed E-state index contributed by atoms with van der Waals surface area (Å²) in [4.78, 5) is 35.0. The quantitative estimate of drug-likeness (QED) is 0.398. The third kappa shape index (κ3) is 4.97. The van der Waals surface area contributed by atoms with Crippen molar-refractivity contribution in [1.82, 2.24) is 14.5 Å². The molecule has 4 rings (SSSR count). The van der Waals surface area contributed by atoms with Crippen LogP contribution in [0.3, 0.4) is 0 Å². The fourth-order valence-electron chi connectivity index (χ4n) is 3.59. The molecule has 0 spiro atoms. The molecule has 1 amide bonds. The predicted molar refractivity (Wildman–Crippen MR) is 129 cm³/mol. The van der Waals surface area contributed by atoms with Gasteiger partial charge in [-0.3, -0.25) is 14.2 Å². The Bertz CT molecular complexity index is 1400. The van der Waals surface area contributed by atoms with Gasteiger partial charge in [0.05, 0.1) is 16.8 Å². The molecule has 176 valence electrons. The van der Waals surface area contributed by atoms with Crippen LogP contribution in [0.4, 0.5) is 9.52 Å². The molecule has 0 unspecified atom stereocenters. The minimum Gasteiger partial charge on any atom is -0.494 e. The van der Waals surface area contributed by atoms with Crippen LogP contribution in [0.25, 0.3) is 21.6 Å². The van der Waals surface area contributed by atoms with Crippen molar-refractivity contribution >= 4 is 32.6 Å². The minimum atomic E-state index is -0.463. The molecule has 4 aromatic rings. The average Bonchev–Trinajstić information content (AvgIpc) is 3.20. The number of benzene rings is 2. The molecule has 0 atom stereocenters. The van der Waals surface area contributed by atoms with Crippen LogP contribution >= 0.6 is 11.3 Å². The number of halogens is 1. The zero-order valence-electron chi connectivity index (χ0n) is 18.7. The number of nitrogens with one attached hydrogen (secondary N) is 1. The average molecular weight is 483 g/mol. The lowest BCUT2D eigenvalue weighted by Crippen LogP contribution is -2.33. The molecule has 0 bridgehead atoms. The van der Waals surface area contributed by atoms with Gasteiger partial charge in [0.2, 0.25) is 5.91 Å². The smallest absolute Gasteiger partial charge is 0.257 e. The molecule has 0 aliphatic heterocycles. The Kier molecular flexibility index (Phi) is 6.99. The molecule has 8 nitrogen and oxygen atoms in total. The lowest BCUT2D eigenvalue weighted by molar-refractivity contribution is -0.116. The molecule has 34 heavy (non-hydrogen) atoms. The van der Waals surface area contributed by atoms with Crippen LogP contribution in [-0.2, 0) is 17.8 Å². The number of aromatic nitrogens is 3. The number of ether oxygens (including phenoxy) is 1. The van der Waals surface area contributed by atoms with E-state index in [9.17, 15) is 19.1 Å². The van der Waals surface area contributed by atoms with Crippen molar-refractivity contribution in [3.8, 4) is 17.1 Å². The van der Waals surface area contributed by atoms with E-state index in [1.165, 1.54) is 40.2 Å². The summed E-state index contributed by atoms with van der Waals surface area (Å²) in [6.07, 6.45) is 0.114. The monoisotopic (exact) mass is 482 g/mol. The number of aliphatic hydroxyl groups excluding tert-OH is 1. The predicted octanol–water partition coefficient (Wildman–Crippen LogP) is 3.54. The first kappa shape index (κ1) is 23.5. The third-order valence-electron chi connectivity index (χ3n) is 5.15. The molecule has 0 radical (unpaired) electrons. The van der Waals surface area contributed by atoms with Gasteiger partial charge in [0, 0.05) is 35.9 Å². The maximum absolute atomic E-state index is 13.4. The standard InChI is InChI=1S/C24H23FN4O4S/c1-3-33-17-8-9-20-19(12-17)27-24(34-20)28-21(31)13-29-22(15-4-6-16(25)7-5-15)26-14(2)18(10-11-30)23(29)32/h4-9,12,30H,3,10-11,13H2,1-2H3,(H,27,28,31). The van der Waals surface area contributed by atoms with Gasteiger partial charge in [-0.05, 0) is 50.2 Å². The molecule has 2 N–H and O–H groups in total. The van der Waals surface area contributed by atoms with E-state index in [1.807, 2.05) is 19.1 Å². The maximum Gasteiger partial charge on any atom is 0.257 e. The molecule has 0 aliphatic carbocycles. The summed E-state index contributed by atoms with van der Waals surface area (Å²) >= 11 is 1.31. The number of aryl methyl sites for hydroxylation is 1. The number of carbonyl (C=O) groups is 1. The molecular weight excluding hydrogens is 459 g/mol. The molecule has 0 aliphatic rings. The van der Waals surface area contributed by atoms with Gasteiger partial charge in [-0.1, -0.05) is 11.3 Å². The van der Waals surface area contributed by atoms with Gasteiger partial charge in [0.15, 0.2) is 5.13 Å². The van der Waals surface area contributed by atoms with E-state index < -0.39 is 17.3 Å². The fourth-order valence-corrected chi connectivity index (χ4v) is 4.45. The summed E-state index contributed by atoms with van der Waals surface area (Å²) in [5.41, 5.74) is 1.53. The third-order valence-corrected chi connectivity index (χ3v) is 6.10. The van der Waals surface area contributed by atoms with Crippen LogP contribution in [-0.4, -0.2) is 38.8 Å². The number of hydrogen-bond donors (Lipinski definition) is 2. The van der Waals surface area contributed by atoms with Crippen LogP contribution in [0.2, 0.25) is 0 Å². The first-order valence-electron chi connectivity index (χ1n) is 10.7. The largest absolute Gasteiger partial charge is 0.494 e. The molecule has 0 fully saturated rings. The highest BCUT2D eigenvalue weighted by molar-refractivity contribution is 7.22. The first-order valence-corrected chi connectivity index (χ1v) is 11.5. The Labute approximate surface area is 198 Å². The Morgan fingerprint density at radius 3 is 2.68 bits per heavy atom. The highest BCUT2D eigenvalue weighted by Crippen LogP contribution is 2.29. The number of rotatable bonds is 8. The van der Waals surface area contributed by atoms with Gasteiger partial charge >= 0.3 is 0 Å². The Morgan fingerprint density at radius 2 is 1.97 bits per heavy atom. The second-order valence-electron chi connectivity index (χ2n) is 7.50. The SMILES string of the molecule is CCOc1ccc2sc(NC(=O)Cn3c(-c4ccc(F)cc4)nc(C)c(CCO)c3=O)nc2c1. The van der Waals surface area contributed by atoms with Crippen LogP contribution in [0.5, 0.6) is 5.75 Å². The maximum atomic E-state index is 13.4. The van der Waals surface area contributed by atoms with Crippen molar-refractivity contribution in [3.05, 3.63) is 69.9 Å². The molecule has 0 saturated carbocycles. The lowest BCUT2D eigenvalue weighted by Gasteiger charge is -2.15. The van der Waals surface area contributed by atoms with Crippen LogP contribution in [0, 0.1) is 12.7 Å². The van der Waals surface area contributed by atoms with Crippen LogP contribution in [0.1, 0.15) is 18.2 Å². The van der Waals surface area contributed by atoms with E-state index in [0.717, 1.165) is 4.70 Å². The molecule has 0 saturated heterocycles. The van der Waals surface area contributed by atoms with Crippen molar-refractivity contribution in [2.45, 2.75) is 26.8 Å². The zero-order chi connectivity index (χ0) is 24.2. The normalized spacial score (nSPS) is 11.1. The van der Waals surface area contributed by atoms with E-state index in [1.54, 1.807) is 13.0 Å². The first-order chi connectivity index (χ1) is 16.4. The van der Waals surface area contributed by atoms with E-state index in [-0.39, 0.29) is 25.4 Å². The number of thiazole rings is 1. The van der Waals surface area contributed by atoms with Gasteiger partial charge < -0.3 is 15.2 Å². The molecule has 2 heterocycles. The summed E-state index contributed by atoms with van der Waals surface area (Å²) in [5, 5.41) is 12.5. The van der Waals surface area contributed by atoms with E-state index in [2.05, 4.69) is 15.3 Å². The van der Waals surface area contributed by atoms with Crippen LogP contribution in [0.15, 0.2) is 47.3 Å². The number of nitrogens with zero attached hydrogens (tertiary/aromatic N) is 3. The van der Waals surface area contributed by atoms with E-state index in [4.69, 9.17) is 4.74 Å². The summed E-state index contributed by atoms with van der Waals surface area (Å²) in [5.74, 6) is 0.0447. The zero-order valence-corrected chi connectivity index (χ0v) is 19.5. The van der Waals surface area contributed by atoms with Crippen molar-refractivity contribution in [1.29, 1.82) is 0 Å². The molecule has 2 aromatic heterocycles. The Hall–Kier alpha value is -3.63. The summed E-state index contributed by atoms with van der Waals surface area (Å²) in [6.45, 7) is 3.55. The van der Waals surface area contributed by atoms with Crippen molar-refractivity contribution in [2.24, 2.45) is 0 Å². The number of anilines is 1. The van der Waals surface area contributed by atoms with Gasteiger partial charge in [-0.2, -0.15) is 0 Å². The molecule has 10 heteroatoms. The van der Waals surface area contributed by atoms with Crippen molar-refractivity contribution in [2.75, 3.05) is 18.5 Å². The van der Waals surface area contributed by atoms with Gasteiger partial charge in [-0.25, -0.2) is 14.4 Å². The number of amides is 1. The van der Waals surface area contributed by atoms with E-state index >= 15 is 0 Å². The number of hydrogen-bond acceptors (Lipinski definition) is 7. The fraction of sp³-hybridized carbons (Fsp3) is 0.250. The number of fused-ring (bicyclic) bond motifs is 1. The number of aliphatic hydroxyl groups is 1. The second kappa shape index (κ2) is 10.1. The minimum absolute atomic E-state index is 0.114. The lowest BCUT2D eigenvalue weighted by atomic mass is 10.1.